The second-order valence-corrected chi connectivity index (χ2v) is 18.3. The van der Waals surface area contributed by atoms with Crippen LogP contribution in [0.4, 0.5) is 0 Å². The molecule has 0 aromatic heterocycles. The van der Waals surface area contributed by atoms with Gasteiger partial charge in [-0.2, -0.15) is 0 Å². The molecule has 0 radical (unpaired) electrons. The van der Waals surface area contributed by atoms with Gasteiger partial charge in [0, 0.05) is 12.0 Å². The SMILES string of the molecule is C=C[C@H]1[C@@H](O[Si](C)(C)C)C[C@@H](c2ccccc2)O[Si]1(C(C)C)C(C)C. The summed E-state index contributed by atoms with van der Waals surface area (Å²) in [4.78, 5) is 0. The standard InChI is InChI=1S/C21H36O2Si2/c1-9-21-20(22-24(6,7)8)15-19(18-13-11-10-12-14-18)23-25(21,16(2)3)17(4)5/h9-14,16-17,19-21H,1,15H2,2-8H3/t19-,20-,21-/m0/s1. The maximum atomic E-state index is 7.03. The van der Waals surface area contributed by atoms with Crippen LogP contribution in [0, 0.1) is 0 Å². The second kappa shape index (κ2) is 7.91. The van der Waals surface area contributed by atoms with Crippen LogP contribution in [-0.2, 0) is 8.85 Å². The van der Waals surface area contributed by atoms with Crippen molar-refractivity contribution in [1.29, 1.82) is 0 Å². The number of benzene rings is 1. The lowest BCUT2D eigenvalue weighted by atomic mass is 10.0. The maximum absolute atomic E-state index is 7.03. The molecular weight excluding hydrogens is 340 g/mol. The minimum absolute atomic E-state index is 0.134. The van der Waals surface area contributed by atoms with E-state index in [1.807, 2.05) is 0 Å². The molecule has 1 aliphatic rings. The fraction of sp³-hybridized carbons (Fsp3) is 0.619. The zero-order chi connectivity index (χ0) is 18.8. The minimum atomic E-state index is -2.10. The molecule has 0 unspecified atom stereocenters. The van der Waals surface area contributed by atoms with E-state index in [9.17, 15) is 0 Å². The monoisotopic (exact) mass is 376 g/mol. The van der Waals surface area contributed by atoms with Crippen LogP contribution in [0.25, 0.3) is 0 Å². The summed E-state index contributed by atoms with van der Waals surface area (Å²) in [6.45, 7) is 20.4. The molecule has 1 aromatic rings. The van der Waals surface area contributed by atoms with E-state index in [2.05, 4.69) is 90.3 Å². The number of hydrogen-bond donors (Lipinski definition) is 0. The van der Waals surface area contributed by atoms with Crippen LogP contribution in [0.15, 0.2) is 43.0 Å². The van der Waals surface area contributed by atoms with Crippen molar-refractivity contribution in [3.05, 3.63) is 48.6 Å². The topological polar surface area (TPSA) is 18.5 Å². The Balaban J connectivity index is 2.50. The lowest BCUT2D eigenvalue weighted by Gasteiger charge is -2.53. The molecule has 3 atom stereocenters. The molecule has 0 saturated carbocycles. The van der Waals surface area contributed by atoms with Gasteiger partial charge in [-0.3, -0.25) is 0 Å². The highest BCUT2D eigenvalue weighted by molar-refractivity contribution is 6.78. The first-order valence-electron chi connectivity index (χ1n) is 9.65. The van der Waals surface area contributed by atoms with E-state index in [4.69, 9.17) is 8.85 Å². The third-order valence-electron chi connectivity index (χ3n) is 5.45. The lowest BCUT2D eigenvalue weighted by Crippen LogP contribution is -2.58. The fourth-order valence-corrected chi connectivity index (χ4v) is 11.3. The third-order valence-corrected chi connectivity index (χ3v) is 12.4. The van der Waals surface area contributed by atoms with Crippen molar-refractivity contribution < 1.29 is 8.85 Å². The molecule has 2 rings (SSSR count). The third kappa shape index (κ3) is 4.36. The summed E-state index contributed by atoms with van der Waals surface area (Å²) in [5.74, 6) is 0. The van der Waals surface area contributed by atoms with E-state index in [-0.39, 0.29) is 12.2 Å². The first kappa shape index (κ1) is 20.6. The van der Waals surface area contributed by atoms with Gasteiger partial charge in [-0.25, -0.2) is 0 Å². The molecule has 0 amide bonds. The zero-order valence-electron chi connectivity index (χ0n) is 17.1. The smallest absolute Gasteiger partial charge is 0.207 e. The van der Waals surface area contributed by atoms with Crippen molar-refractivity contribution in [3.63, 3.8) is 0 Å². The van der Waals surface area contributed by atoms with Gasteiger partial charge >= 0.3 is 0 Å². The molecule has 1 aliphatic heterocycles. The summed E-state index contributed by atoms with van der Waals surface area (Å²) in [6.07, 6.45) is 3.44. The number of hydrogen-bond acceptors (Lipinski definition) is 2. The molecule has 2 nitrogen and oxygen atoms in total. The summed E-state index contributed by atoms with van der Waals surface area (Å²) in [5.41, 5.74) is 2.68. The van der Waals surface area contributed by atoms with Crippen molar-refractivity contribution in [1.82, 2.24) is 0 Å². The van der Waals surface area contributed by atoms with Crippen LogP contribution in [0.3, 0.4) is 0 Å². The largest absolute Gasteiger partial charge is 0.414 e. The van der Waals surface area contributed by atoms with E-state index in [0.29, 0.717) is 16.6 Å². The Kier molecular flexibility index (Phi) is 6.52. The van der Waals surface area contributed by atoms with Crippen molar-refractivity contribution in [2.24, 2.45) is 0 Å². The van der Waals surface area contributed by atoms with Gasteiger partial charge in [0.2, 0.25) is 8.32 Å². The molecule has 0 aliphatic carbocycles. The van der Waals surface area contributed by atoms with Crippen LogP contribution < -0.4 is 0 Å². The minimum Gasteiger partial charge on any atom is -0.414 e. The van der Waals surface area contributed by atoms with E-state index in [1.54, 1.807) is 0 Å². The van der Waals surface area contributed by atoms with Crippen molar-refractivity contribution in [3.8, 4) is 0 Å². The highest BCUT2D eigenvalue weighted by atomic mass is 28.4. The zero-order valence-corrected chi connectivity index (χ0v) is 19.1. The van der Waals surface area contributed by atoms with Crippen molar-refractivity contribution in [2.45, 2.75) is 82.6 Å². The van der Waals surface area contributed by atoms with Gasteiger partial charge in [-0.05, 0) is 36.3 Å². The van der Waals surface area contributed by atoms with E-state index < -0.39 is 16.6 Å². The van der Waals surface area contributed by atoms with Crippen molar-refractivity contribution in [2.75, 3.05) is 0 Å². The predicted octanol–water partition coefficient (Wildman–Crippen LogP) is 6.69. The quantitative estimate of drug-likeness (QED) is 0.407. The lowest BCUT2D eigenvalue weighted by molar-refractivity contribution is 0.0556. The molecule has 1 aromatic carbocycles. The van der Waals surface area contributed by atoms with Gasteiger partial charge in [-0.1, -0.05) is 64.1 Å². The molecule has 1 fully saturated rings. The van der Waals surface area contributed by atoms with Gasteiger partial charge < -0.3 is 8.85 Å². The van der Waals surface area contributed by atoms with Crippen LogP contribution in [-0.4, -0.2) is 22.7 Å². The van der Waals surface area contributed by atoms with Crippen LogP contribution in [0.1, 0.15) is 45.8 Å². The van der Waals surface area contributed by atoms with E-state index >= 15 is 0 Å². The fourth-order valence-electron chi connectivity index (χ4n) is 4.51. The first-order chi connectivity index (χ1) is 11.6. The Labute approximate surface area is 156 Å². The average molecular weight is 377 g/mol. The molecule has 4 heteroatoms. The molecule has 1 saturated heterocycles. The van der Waals surface area contributed by atoms with Crippen LogP contribution >= 0.6 is 0 Å². The molecule has 25 heavy (non-hydrogen) atoms. The van der Waals surface area contributed by atoms with Crippen molar-refractivity contribution >= 4 is 16.6 Å². The van der Waals surface area contributed by atoms with Gasteiger partial charge in [0.25, 0.3) is 0 Å². The highest BCUT2D eigenvalue weighted by Gasteiger charge is 2.56. The Hall–Kier alpha value is -0.686. The van der Waals surface area contributed by atoms with Gasteiger partial charge in [0.15, 0.2) is 8.32 Å². The Morgan fingerprint density at radius 1 is 1.12 bits per heavy atom. The maximum Gasteiger partial charge on any atom is 0.207 e. The Morgan fingerprint density at radius 3 is 2.12 bits per heavy atom. The van der Waals surface area contributed by atoms with Crippen LogP contribution in [0.5, 0.6) is 0 Å². The molecular formula is C21H36O2Si2. The van der Waals surface area contributed by atoms with Gasteiger partial charge in [0.1, 0.15) is 0 Å². The first-order valence-corrected chi connectivity index (χ1v) is 15.2. The molecule has 0 N–H and O–H groups in total. The van der Waals surface area contributed by atoms with Gasteiger partial charge in [-0.15, -0.1) is 6.58 Å². The summed E-state index contributed by atoms with van der Waals surface area (Å²) >= 11 is 0. The molecule has 0 spiro atoms. The summed E-state index contributed by atoms with van der Waals surface area (Å²) < 4.78 is 13.7. The Morgan fingerprint density at radius 2 is 1.68 bits per heavy atom. The summed E-state index contributed by atoms with van der Waals surface area (Å²) in [7, 11) is -3.74. The molecule has 0 bridgehead atoms. The second-order valence-electron chi connectivity index (χ2n) is 8.95. The van der Waals surface area contributed by atoms with Crippen LogP contribution in [0.2, 0.25) is 36.3 Å². The Bertz CT molecular complexity index is 555. The highest BCUT2D eigenvalue weighted by Crippen LogP contribution is 2.53. The predicted molar refractivity (Wildman–Crippen MR) is 113 cm³/mol. The van der Waals surface area contributed by atoms with E-state index in [1.165, 1.54) is 5.56 Å². The number of rotatable bonds is 6. The van der Waals surface area contributed by atoms with E-state index in [0.717, 1.165) is 6.42 Å². The molecule has 1 heterocycles. The van der Waals surface area contributed by atoms with Gasteiger partial charge in [0.05, 0.1) is 12.2 Å². The average Bonchev–Trinajstić information content (AvgIpc) is 2.52. The normalized spacial score (nSPS) is 26.8. The summed E-state index contributed by atoms with van der Waals surface area (Å²) in [5, 5.41) is 0. The molecule has 140 valence electrons. The summed E-state index contributed by atoms with van der Waals surface area (Å²) in [6, 6.07) is 10.7.